The molecule has 3 N–H and O–H groups in total. The quantitative estimate of drug-likeness (QED) is 0.790. The summed E-state index contributed by atoms with van der Waals surface area (Å²) in [7, 11) is 0. The van der Waals surface area contributed by atoms with Gasteiger partial charge < -0.3 is 11.1 Å². The maximum atomic E-state index is 11.9. The first-order valence-corrected chi connectivity index (χ1v) is 6.93. The molecule has 0 aliphatic rings. The van der Waals surface area contributed by atoms with Crippen molar-refractivity contribution in [2.24, 2.45) is 5.73 Å². The van der Waals surface area contributed by atoms with Crippen LogP contribution in [0.3, 0.4) is 0 Å². The highest BCUT2D eigenvalue weighted by atomic mass is 79.9. The van der Waals surface area contributed by atoms with E-state index in [-0.39, 0.29) is 11.9 Å². The van der Waals surface area contributed by atoms with Gasteiger partial charge in [0, 0.05) is 21.4 Å². The van der Waals surface area contributed by atoms with Gasteiger partial charge in [0.05, 0.1) is 10.6 Å². The van der Waals surface area contributed by atoms with Crippen LogP contribution < -0.4 is 11.1 Å². The van der Waals surface area contributed by atoms with E-state index < -0.39 is 0 Å². The minimum atomic E-state index is -0.145. The second-order valence-corrected chi connectivity index (χ2v) is 5.96. The zero-order valence-electron chi connectivity index (χ0n) is 9.17. The van der Waals surface area contributed by atoms with E-state index in [0.717, 1.165) is 8.95 Å². The molecule has 0 heterocycles. The van der Waals surface area contributed by atoms with E-state index in [9.17, 15) is 4.79 Å². The van der Waals surface area contributed by atoms with Crippen LogP contribution in [0.25, 0.3) is 0 Å². The zero-order chi connectivity index (χ0) is 13.0. The molecule has 0 aliphatic carbocycles. The monoisotopic (exact) mass is 378 g/mol. The Morgan fingerprint density at radius 1 is 1.53 bits per heavy atom. The van der Waals surface area contributed by atoms with Gasteiger partial charge in [-0.3, -0.25) is 4.79 Å². The lowest BCUT2D eigenvalue weighted by Crippen LogP contribution is -2.35. The molecule has 1 rings (SSSR count). The Kier molecular flexibility index (Phi) is 5.55. The first-order chi connectivity index (χ1) is 7.90. The topological polar surface area (TPSA) is 55.1 Å². The average Bonchev–Trinajstić information content (AvgIpc) is 2.15. The average molecular weight is 380 g/mol. The molecular formula is C11H12Br2N2OS. The third kappa shape index (κ3) is 4.73. The Labute approximate surface area is 122 Å². The predicted octanol–water partition coefficient (Wildman–Crippen LogP) is 3.01. The third-order valence-electron chi connectivity index (χ3n) is 2.06. The number of amides is 1. The lowest BCUT2D eigenvalue weighted by Gasteiger charge is -2.13. The molecule has 92 valence electrons. The summed E-state index contributed by atoms with van der Waals surface area (Å²) in [5, 5.41) is 2.84. The van der Waals surface area contributed by atoms with Crippen molar-refractivity contribution in [1.82, 2.24) is 5.32 Å². The van der Waals surface area contributed by atoms with Crippen molar-refractivity contribution in [3.05, 3.63) is 32.7 Å². The first-order valence-electron chi connectivity index (χ1n) is 4.94. The molecular weight excluding hydrogens is 368 g/mol. The van der Waals surface area contributed by atoms with Crippen LogP contribution in [0.1, 0.15) is 23.7 Å². The molecule has 0 bridgehead atoms. The largest absolute Gasteiger partial charge is 0.393 e. The maximum absolute atomic E-state index is 11.9. The maximum Gasteiger partial charge on any atom is 0.252 e. The number of halogens is 2. The minimum absolute atomic E-state index is 0.0736. The number of hydrogen-bond donors (Lipinski definition) is 2. The molecule has 3 nitrogen and oxygen atoms in total. The van der Waals surface area contributed by atoms with Gasteiger partial charge in [-0.15, -0.1) is 0 Å². The molecule has 1 atom stereocenters. The number of carbonyl (C=O) groups is 1. The van der Waals surface area contributed by atoms with Crippen molar-refractivity contribution >= 4 is 55.0 Å². The molecule has 0 aliphatic heterocycles. The van der Waals surface area contributed by atoms with Gasteiger partial charge in [0.15, 0.2) is 0 Å². The van der Waals surface area contributed by atoms with Crippen LogP contribution in [0.15, 0.2) is 27.1 Å². The SMILES string of the molecule is CC(CC(N)=S)NC(=O)c1ccc(Br)cc1Br. The summed E-state index contributed by atoms with van der Waals surface area (Å²) in [4.78, 5) is 12.3. The number of hydrogen-bond acceptors (Lipinski definition) is 2. The van der Waals surface area contributed by atoms with Crippen LogP contribution in [-0.4, -0.2) is 16.9 Å². The molecule has 6 heteroatoms. The highest BCUT2D eigenvalue weighted by molar-refractivity contribution is 9.11. The van der Waals surface area contributed by atoms with Gasteiger partial charge in [-0.25, -0.2) is 0 Å². The Bertz CT molecular complexity index is 451. The number of rotatable bonds is 4. The molecule has 17 heavy (non-hydrogen) atoms. The highest BCUT2D eigenvalue weighted by Gasteiger charge is 2.13. The minimum Gasteiger partial charge on any atom is -0.393 e. The fourth-order valence-electron chi connectivity index (χ4n) is 1.33. The third-order valence-corrected chi connectivity index (χ3v) is 3.38. The van der Waals surface area contributed by atoms with Gasteiger partial charge in [-0.05, 0) is 41.1 Å². The molecule has 0 saturated heterocycles. The summed E-state index contributed by atoms with van der Waals surface area (Å²) >= 11 is 11.5. The number of nitrogens with two attached hydrogens (primary N) is 1. The van der Waals surface area contributed by atoms with Crippen LogP contribution in [0.5, 0.6) is 0 Å². The molecule has 1 amide bonds. The lowest BCUT2D eigenvalue weighted by molar-refractivity contribution is 0.0940. The van der Waals surface area contributed by atoms with Gasteiger partial charge in [-0.1, -0.05) is 28.1 Å². The molecule has 0 saturated carbocycles. The molecule has 1 aromatic carbocycles. The van der Waals surface area contributed by atoms with E-state index in [1.807, 2.05) is 19.1 Å². The van der Waals surface area contributed by atoms with Crippen molar-refractivity contribution in [2.45, 2.75) is 19.4 Å². The van der Waals surface area contributed by atoms with E-state index in [1.54, 1.807) is 6.07 Å². The molecule has 0 radical (unpaired) electrons. The second kappa shape index (κ2) is 6.47. The van der Waals surface area contributed by atoms with Crippen molar-refractivity contribution < 1.29 is 4.79 Å². The molecule has 1 unspecified atom stereocenters. The fourth-order valence-corrected chi connectivity index (χ4v) is 2.81. The molecule has 0 spiro atoms. The number of benzene rings is 1. The van der Waals surface area contributed by atoms with E-state index in [0.29, 0.717) is 17.0 Å². The smallest absolute Gasteiger partial charge is 0.252 e. The molecule has 0 aromatic heterocycles. The van der Waals surface area contributed by atoms with E-state index in [2.05, 4.69) is 37.2 Å². The lowest BCUT2D eigenvalue weighted by atomic mass is 10.2. The van der Waals surface area contributed by atoms with E-state index >= 15 is 0 Å². The Morgan fingerprint density at radius 2 is 2.18 bits per heavy atom. The Morgan fingerprint density at radius 3 is 2.71 bits per heavy atom. The van der Waals surface area contributed by atoms with Crippen molar-refractivity contribution in [3.63, 3.8) is 0 Å². The summed E-state index contributed by atoms with van der Waals surface area (Å²) in [6.07, 6.45) is 0.495. The zero-order valence-corrected chi connectivity index (χ0v) is 13.2. The van der Waals surface area contributed by atoms with Crippen molar-refractivity contribution in [2.75, 3.05) is 0 Å². The highest BCUT2D eigenvalue weighted by Crippen LogP contribution is 2.21. The van der Waals surface area contributed by atoms with E-state index in [1.165, 1.54) is 0 Å². The second-order valence-electron chi connectivity index (χ2n) is 3.67. The van der Waals surface area contributed by atoms with Crippen LogP contribution in [0.2, 0.25) is 0 Å². The number of carbonyl (C=O) groups excluding carboxylic acids is 1. The standard InChI is InChI=1S/C11H12Br2N2OS/c1-6(4-10(14)17)15-11(16)8-3-2-7(12)5-9(8)13/h2-3,5-6H,4H2,1H3,(H2,14,17)(H,15,16). The molecule has 1 aromatic rings. The number of thiocarbonyl (C=S) groups is 1. The van der Waals surface area contributed by atoms with Gasteiger partial charge in [0.1, 0.15) is 0 Å². The first kappa shape index (κ1) is 14.6. The fraction of sp³-hybridized carbons (Fsp3) is 0.273. The van der Waals surface area contributed by atoms with Crippen LogP contribution in [0.4, 0.5) is 0 Å². The van der Waals surface area contributed by atoms with Crippen molar-refractivity contribution in [3.8, 4) is 0 Å². The Hall–Kier alpha value is -0.460. The summed E-state index contributed by atoms with van der Waals surface area (Å²) in [6.45, 7) is 1.86. The summed E-state index contributed by atoms with van der Waals surface area (Å²) in [5.74, 6) is -0.145. The van der Waals surface area contributed by atoms with Gasteiger partial charge in [0.2, 0.25) is 0 Å². The van der Waals surface area contributed by atoms with Crippen LogP contribution in [0, 0.1) is 0 Å². The summed E-state index contributed by atoms with van der Waals surface area (Å²) in [6, 6.07) is 5.32. The van der Waals surface area contributed by atoms with E-state index in [4.69, 9.17) is 18.0 Å². The van der Waals surface area contributed by atoms with Gasteiger partial charge in [0.25, 0.3) is 5.91 Å². The Balaban J connectivity index is 2.73. The normalized spacial score (nSPS) is 11.9. The van der Waals surface area contributed by atoms with Crippen molar-refractivity contribution in [1.29, 1.82) is 0 Å². The summed E-state index contributed by atoms with van der Waals surface area (Å²) in [5.41, 5.74) is 6.01. The summed E-state index contributed by atoms with van der Waals surface area (Å²) < 4.78 is 1.66. The number of nitrogens with one attached hydrogen (secondary N) is 1. The van der Waals surface area contributed by atoms with Gasteiger partial charge in [-0.2, -0.15) is 0 Å². The van der Waals surface area contributed by atoms with Crippen LogP contribution in [-0.2, 0) is 0 Å². The van der Waals surface area contributed by atoms with Crippen LogP contribution >= 0.6 is 44.1 Å². The predicted molar refractivity (Wildman–Crippen MR) is 80.2 cm³/mol. The molecule has 0 fully saturated rings. The van der Waals surface area contributed by atoms with Gasteiger partial charge >= 0.3 is 0 Å².